The first-order chi connectivity index (χ1) is 8.73. The Morgan fingerprint density at radius 3 is 3.06 bits per heavy atom. The van der Waals surface area contributed by atoms with Gasteiger partial charge in [0.2, 0.25) is 0 Å². The highest BCUT2D eigenvalue weighted by Crippen LogP contribution is 2.35. The van der Waals surface area contributed by atoms with Crippen LogP contribution in [-0.2, 0) is 10.2 Å². The Hall–Kier alpha value is -0.490. The van der Waals surface area contributed by atoms with Crippen molar-refractivity contribution in [3.05, 3.63) is 16.1 Å². The first kappa shape index (κ1) is 12.5. The molecule has 2 saturated heterocycles. The summed E-state index contributed by atoms with van der Waals surface area (Å²) < 4.78 is 5.25. The number of ether oxygens (including phenoxy) is 1. The summed E-state index contributed by atoms with van der Waals surface area (Å²) in [5.74, 6) is 0.569. The first-order valence-corrected chi connectivity index (χ1v) is 7.44. The fourth-order valence-corrected chi connectivity index (χ4v) is 3.83. The van der Waals surface area contributed by atoms with Crippen LogP contribution in [0.25, 0.3) is 0 Å². The van der Waals surface area contributed by atoms with Crippen molar-refractivity contribution in [2.45, 2.75) is 24.2 Å². The van der Waals surface area contributed by atoms with E-state index in [1.165, 1.54) is 24.4 Å². The van der Waals surface area contributed by atoms with Gasteiger partial charge in [0.1, 0.15) is 0 Å². The summed E-state index contributed by atoms with van der Waals surface area (Å²) >= 11 is 1.75. The highest BCUT2D eigenvalue weighted by atomic mass is 32.1. The van der Waals surface area contributed by atoms with Crippen LogP contribution in [0.15, 0.2) is 5.38 Å². The third-order valence-corrected chi connectivity index (χ3v) is 5.11. The summed E-state index contributed by atoms with van der Waals surface area (Å²) in [5.41, 5.74) is 0.819. The maximum absolute atomic E-state index is 9.53. The van der Waals surface area contributed by atoms with Crippen molar-refractivity contribution in [1.29, 1.82) is 0 Å². The Labute approximate surface area is 112 Å². The lowest BCUT2D eigenvalue weighted by atomic mass is 9.84. The molecule has 1 atom stereocenters. The maximum atomic E-state index is 9.53. The topological polar surface area (TPSA) is 45.6 Å². The average Bonchev–Trinajstić information content (AvgIpc) is 2.78. The Kier molecular flexibility index (Phi) is 3.40. The second-order valence-corrected chi connectivity index (χ2v) is 6.49. The van der Waals surface area contributed by atoms with E-state index >= 15 is 0 Å². The lowest BCUT2D eigenvalue weighted by Gasteiger charge is -2.38. The fraction of sp³-hybridized carbons (Fsp3) is 0.769. The van der Waals surface area contributed by atoms with Crippen molar-refractivity contribution in [2.24, 2.45) is 0 Å². The third kappa shape index (κ3) is 2.09. The summed E-state index contributed by atoms with van der Waals surface area (Å²) in [6.45, 7) is 3.66. The number of hydrogen-bond donors (Lipinski definition) is 1. The van der Waals surface area contributed by atoms with E-state index in [1.807, 2.05) is 0 Å². The van der Waals surface area contributed by atoms with Crippen molar-refractivity contribution >= 4 is 11.3 Å². The van der Waals surface area contributed by atoms with E-state index in [0.29, 0.717) is 19.1 Å². The molecule has 100 valence electrons. The molecule has 4 nitrogen and oxygen atoms in total. The molecule has 3 heterocycles. The summed E-state index contributed by atoms with van der Waals surface area (Å²) in [5, 5.41) is 12.9. The summed E-state index contributed by atoms with van der Waals surface area (Å²) in [6, 6.07) is 0. The van der Waals surface area contributed by atoms with Crippen molar-refractivity contribution in [3.63, 3.8) is 0 Å². The Bertz CT molecular complexity index is 411. The molecule has 0 aromatic carbocycles. The largest absolute Gasteiger partial charge is 0.395 e. The van der Waals surface area contributed by atoms with E-state index in [4.69, 9.17) is 9.72 Å². The number of aliphatic hydroxyl groups excluding tert-OH is 1. The highest BCUT2D eigenvalue weighted by Gasteiger charge is 2.42. The van der Waals surface area contributed by atoms with Gasteiger partial charge in [0, 0.05) is 17.8 Å². The lowest BCUT2D eigenvalue weighted by molar-refractivity contribution is -0.0860. The van der Waals surface area contributed by atoms with E-state index in [1.54, 1.807) is 11.3 Å². The molecule has 1 unspecified atom stereocenters. The van der Waals surface area contributed by atoms with Gasteiger partial charge in [0.25, 0.3) is 0 Å². The number of likely N-dealkylation sites (N-methyl/N-ethyl adjacent to an activating group) is 1. The molecule has 1 aromatic heterocycles. The number of thiazole rings is 1. The van der Waals surface area contributed by atoms with E-state index in [-0.39, 0.29) is 12.0 Å². The van der Waals surface area contributed by atoms with Gasteiger partial charge in [-0.2, -0.15) is 0 Å². The molecule has 2 aliphatic rings. The molecule has 5 heteroatoms. The molecule has 18 heavy (non-hydrogen) atoms. The predicted molar refractivity (Wildman–Crippen MR) is 71.2 cm³/mol. The van der Waals surface area contributed by atoms with Gasteiger partial charge in [-0.25, -0.2) is 4.98 Å². The fourth-order valence-electron chi connectivity index (χ4n) is 2.76. The Balaban J connectivity index is 1.76. The summed E-state index contributed by atoms with van der Waals surface area (Å²) in [6.07, 6.45) is 2.49. The number of piperidine rings is 1. The molecule has 2 fully saturated rings. The number of nitrogens with zero attached hydrogens (tertiary/aromatic N) is 2. The van der Waals surface area contributed by atoms with Gasteiger partial charge in [0.15, 0.2) is 0 Å². The molecule has 0 bridgehead atoms. The average molecular weight is 268 g/mol. The standard InChI is InChI=1S/C13H20N2O2S/c1-15-4-2-3-10(5-15)12-14-11(6-18-12)13(7-16)8-17-9-13/h6,10,16H,2-5,7-9H2,1H3. The van der Waals surface area contributed by atoms with Crippen LogP contribution >= 0.6 is 11.3 Å². The van der Waals surface area contributed by atoms with Crippen LogP contribution in [-0.4, -0.2) is 54.9 Å². The van der Waals surface area contributed by atoms with Crippen LogP contribution in [0.2, 0.25) is 0 Å². The predicted octanol–water partition coefficient (Wildman–Crippen LogP) is 1.21. The van der Waals surface area contributed by atoms with Gasteiger partial charge in [-0.3, -0.25) is 0 Å². The monoisotopic (exact) mass is 268 g/mol. The van der Waals surface area contributed by atoms with Crippen molar-refractivity contribution in [2.75, 3.05) is 40.0 Å². The molecule has 0 saturated carbocycles. The highest BCUT2D eigenvalue weighted by molar-refractivity contribution is 7.09. The third-order valence-electron chi connectivity index (χ3n) is 4.10. The van der Waals surface area contributed by atoms with Crippen molar-refractivity contribution in [1.82, 2.24) is 9.88 Å². The van der Waals surface area contributed by atoms with E-state index in [9.17, 15) is 5.11 Å². The minimum Gasteiger partial charge on any atom is -0.395 e. The van der Waals surface area contributed by atoms with Crippen LogP contribution in [0, 0.1) is 0 Å². The van der Waals surface area contributed by atoms with Crippen molar-refractivity contribution in [3.8, 4) is 0 Å². The summed E-state index contributed by atoms with van der Waals surface area (Å²) in [4.78, 5) is 7.16. The molecule has 1 aromatic rings. The molecule has 0 aliphatic carbocycles. The van der Waals surface area contributed by atoms with Gasteiger partial charge in [-0.1, -0.05) is 0 Å². The molecule has 0 amide bonds. The molecule has 1 N–H and O–H groups in total. The molecule has 0 radical (unpaired) electrons. The second kappa shape index (κ2) is 4.89. The molecular formula is C13H20N2O2S. The minimum atomic E-state index is -0.213. The number of hydrogen-bond acceptors (Lipinski definition) is 5. The zero-order valence-electron chi connectivity index (χ0n) is 10.8. The minimum absolute atomic E-state index is 0.140. The summed E-state index contributed by atoms with van der Waals surface area (Å²) in [7, 11) is 2.18. The zero-order chi connectivity index (χ0) is 12.6. The van der Waals surface area contributed by atoms with Gasteiger partial charge in [0.05, 0.1) is 35.9 Å². The number of aliphatic hydroxyl groups is 1. The van der Waals surface area contributed by atoms with Gasteiger partial charge in [-0.15, -0.1) is 11.3 Å². The van der Waals surface area contributed by atoms with E-state index in [0.717, 1.165) is 12.2 Å². The molecule has 2 aliphatic heterocycles. The Morgan fingerprint density at radius 1 is 1.61 bits per heavy atom. The van der Waals surface area contributed by atoms with Gasteiger partial charge >= 0.3 is 0 Å². The van der Waals surface area contributed by atoms with Crippen molar-refractivity contribution < 1.29 is 9.84 Å². The normalized spacial score (nSPS) is 28.0. The van der Waals surface area contributed by atoms with Gasteiger partial charge in [-0.05, 0) is 26.4 Å². The lowest BCUT2D eigenvalue weighted by Crippen LogP contribution is -2.50. The molecule has 3 rings (SSSR count). The smallest absolute Gasteiger partial charge is 0.0972 e. The van der Waals surface area contributed by atoms with Crippen LogP contribution in [0.3, 0.4) is 0 Å². The second-order valence-electron chi connectivity index (χ2n) is 5.60. The molecular weight excluding hydrogens is 248 g/mol. The number of aromatic nitrogens is 1. The van der Waals surface area contributed by atoms with Crippen LogP contribution in [0.1, 0.15) is 29.5 Å². The van der Waals surface area contributed by atoms with Gasteiger partial charge < -0.3 is 14.7 Å². The first-order valence-electron chi connectivity index (χ1n) is 6.56. The zero-order valence-corrected chi connectivity index (χ0v) is 11.6. The Morgan fingerprint density at radius 2 is 2.44 bits per heavy atom. The van der Waals surface area contributed by atoms with E-state index < -0.39 is 0 Å². The quantitative estimate of drug-likeness (QED) is 0.895. The van der Waals surface area contributed by atoms with E-state index in [2.05, 4.69) is 17.3 Å². The number of rotatable bonds is 3. The van der Waals surface area contributed by atoms with Crippen LogP contribution in [0.4, 0.5) is 0 Å². The maximum Gasteiger partial charge on any atom is 0.0972 e. The molecule has 0 spiro atoms. The number of likely N-dealkylation sites (tertiary alicyclic amines) is 1. The van der Waals surface area contributed by atoms with Crippen LogP contribution in [0.5, 0.6) is 0 Å². The SMILES string of the molecule is CN1CCCC(c2nc(C3(CO)COC3)cs2)C1. The van der Waals surface area contributed by atoms with Crippen LogP contribution < -0.4 is 0 Å².